The molecule has 1 aliphatic heterocycles. The molecule has 154 valence electrons. The highest BCUT2D eigenvalue weighted by Gasteiger charge is 2.21. The standard InChI is InChI=1S/C24H25N3O3/c28-23(25-13-12-18-7-2-1-3-8-18)20-17-19(26-24(29)22-9-6-16-30-22)10-11-21(20)27-14-4-5-15-27/h1-3,6-11,16-17H,4-5,12-15H2,(H,25,28)(H,26,29). The van der Waals surface area contributed by atoms with Crippen LogP contribution in [0, 0.1) is 0 Å². The van der Waals surface area contributed by atoms with Crippen LogP contribution in [0.15, 0.2) is 71.3 Å². The first-order valence-corrected chi connectivity index (χ1v) is 10.3. The lowest BCUT2D eigenvalue weighted by molar-refractivity contribution is 0.0952. The molecule has 1 fully saturated rings. The number of nitrogens with zero attached hydrogens (tertiary/aromatic N) is 1. The second-order valence-electron chi connectivity index (χ2n) is 7.35. The fraction of sp³-hybridized carbons (Fsp3) is 0.250. The Morgan fingerprint density at radius 3 is 2.47 bits per heavy atom. The molecule has 0 aliphatic carbocycles. The number of hydrogen-bond acceptors (Lipinski definition) is 4. The van der Waals surface area contributed by atoms with Crippen molar-refractivity contribution in [2.45, 2.75) is 19.3 Å². The van der Waals surface area contributed by atoms with Gasteiger partial charge in [-0.05, 0) is 55.2 Å². The molecule has 4 rings (SSSR count). The Morgan fingerprint density at radius 1 is 0.933 bits per heavy atom. The molecule has 0 spiro atoms. The average molecular weight is 403 g/mol. The van der Waals surface area contributed by atoms with Gasteiger partial charge >= 0.3 is 0 Å². The van der Waals surface area contributed by atoms with E-state index in [1.807, 2.05) is 42.5 Å². The second kappa shape index (κ2) is 9.31. The smallest absolute Gasteiger partial charge is 0.291 e. The lowest BCUT2D eigenvalue weighted by Gasteiger charge is -2.22. The fourth-order valence-electron chi connectivity index (χ4n) is 3.69. The quantitative estimate of drug-likeness (QED) is 0.623. The molecule has 30 heavy (non-hydrogen) atoms. The van der Waals surface area contributed by atoms with Crippen LogP contribution >= 0.6 is 0 Å². The summed E-state index contributed by atoms with van der Waals surface area (Å²) < 4.78 is 5.15. The number of nitrogens with one attached hydrogen (secondary N) is 2. The lowest BCUT2D eigenvalue weighted by Crippen LogP contribution is -2.29. The Labute approximate surface area is 175 Å². The predicted molar refractivity (Wildman–Crippen MR) is 117 cm³/mol. The Bertz CT molecular complexity index is 994. The van der Waals surface area contributed by atoms with Gasteiger partial charge < -0.3 is 20.0 Å². The average Bonchev–Trinajstić information content (AvgIpc) is 3.49. The summed E-state index contributed by atoms with van der Waals surface area (Å²) in [6, 6.07) is 18.8. The van der Waals surface area contributed by atoms with Gasteiger partial charge in [0.15, 0.2) is 5.76 Å². The predicted octanol–water partition coefficient (Wildman–Crippen LogP) is 4.10. The number of benzene rings is 2. The zero-order valence-electron chi connectivity index (χ0n) is 16.8. The van der Waals surface area contributed by atoms with Gasteiger partial charge in [-0.15, -0.1) is 0 Å². The molecule has 2 aromatic carbocycles. The minimum atomic E-state index is -0.343. The summed E-state index contributed by atoms with van der Waals surface area (Å²) in [5, 5.41) is 5.83. The minimum Gasteiger partial charge on any atom is -0.459 e. The summed E-state index contributed by atoms with van der Waals surface area (Å²) in [5.74, 6) is -0.251. The lowest BCUT2D eigenvalue weighted by atomic mass is 10.1. The van der Waals surface area contributed by atoms with E-state index in [4.69, 9.17) is 4.42 Å². The van der Waals surface area contributed by atoms with Crippen molar-refractivity contribution in [3.05, 3.63) is 83.8 Å². The van der Waals surface area contributed by atoms with E-state index >= 15 is 0 Å². The van der Waals surface area contributed by atoms with Crippen molar-refractivity contribution in [1.82, 2.24) is 5.32 Å². The number of amides is 2. The summed E-state index contributed by atoms with van der Waals surface area (Å²) in [6.45, 7) is 2.41. The van der Waals surface area contributed by atoms with Crippen molar-refractivity contribution < 1.29 is 14.0 Å². The van der Waals surface area contributed by atoms with Crippen LogP contribution in [0.1, 0.15) is 39.3 Å². The third-order valence-corrected chi connectivity index (χ3v) is 5.23. The Morgan fingerprint density at radius 2 is 1.73 bits per heavy atom. The van der Waals surface area contributed by atoms with Crippen LogP contribution in [-0.4, -0.2) is 31.4 Å². The third kappa shape index (κ3) is 4.71. The number of furan rings is 1. The Kier molecular flexibility index (Phi) is 6.13. The topological polar surface area (TPSA) is 74.6 Å². The molecule has 6 nitrogen and oxygen atoms in total. The molecule has 6 heteroatoms. The summed E-state index contributed by atoms with van der Waals surface area (Å²) in [7, 11) is 0. The normalized spacial score (nSPS) is 13.3. The van der Waals surface area contributed by atoms with Crippen molar-refractivity contribution in [2.75, 3.05) is 29.9 Å². The van der Waals surface area contributed by atoms with Crippen LogP contribution < -0.4 is 15.5 Å². The largest absolute Gasteiger partial charge is 0.459 e. The summed E-state index contributed by atoms with van der Waals surface area (Å²) >= 11 is 0. The van der Waals surface area contributed by atoms with Crippen LogP contribution in [0.5, 0.6) is 0 Å². The highest BCUT2D eigenvalue weighted by molar-refractivity contribution is 6.05. The maximum Gasteiger partial charge on any atom is 0.291 e. The van der Waals surface area contributed by atoms with Crippen molar-refractivity contribution >= 4 is 23.2 Å². The van der Waals surface area contributed by atoms with Crippen LogP contribution in [0.25, 0.3) is 0 Å². The molecule has 2 N–H and O–H groups in total. The molecule has 1 saturated heterocycles. The van der Waals surface area contributed by atoms with Crippen molar-refractivity contribution in [1.29, 1.82) is 0 Å². The van der Waals surface area contributed by atoms with E-state index in [2.05, 4.69) is 15.5 Å². The fourth-order valence-corrected chi connectivity index (χ4v) is 3.69. The van der Waals surface area contributed by atoms with Gasteiger partial charge in [0.1, 0.15) is 0 Å². The molecular weight excluding hydrogens is 378 g/mol. The monoisotopic (exact) mass is 403 g/mol. The van der Waals surface area contributed by atoms with Gasteiger partial charge in [-0.3, -0.25) is 9.59 Å². The van der Waals surface area contributed by atoms with Crippen LogP contribution in [0.3, 0.4) is 0 Å². The van der Waals surface area contributed by atoms with E-state index < -0.39 is 0 Å². The van der Waals surface area contributed by atoms with Gasteiger partial charge in [0.25, 0.3) is 11.8 Å². The second-order valence-corrected chi connectivity index (χ2v) is 7.35. The number of hydrogen-bond donors (Lipinski definition) is 2. The molecule has 2 amide bonds. The SMILES string of the molecule is O=C(Nc1ccc(N2CCCC2)c(C(=O)NCCc2ccccc2)c1)c1ccco1. The van der Waals surface area contributed by atoms with Gasteiger partial charge in [-0.2, -0.15) is 0 Å². The summed E-state index contributed by atoms with van der Waals surface area (Å²) in [5.41, 5.74) is 3.22. The molecule has 1 aromatic heterocycles. The number of rotatable bonds is 7. The van der Waals surface area contributed by atoms with Crippen LogP contribution in [-0.2, 0) is 6.42 Å². The highest BCUT2D eigenvalue weighted by atomic mass is 16.3. The first-order valence-electron chi connectivity index (χ1n) is 10.3. The molecule has 0 bridgehead atoms. The van der Waals surface area contributed by atoms with Crippen LogP contribution in [0.4, 0.5) is 11.4 Å². The molecule has 0 atom stereocenters. The van der Waals surface area contributed by atoms with Crippen molar-refractivity contribution in [3.8, 4) is 0 Å². The molecule has 0 unspecified atom stereocenters. The molecule has 1 aliphatic rings. The summed E-state index contributed by atoms with van der Waals surface area (Å²) in [6.07, 6.45) is 4.45. The molecular formula is C24H25N3O3. The van der Waals surface area contributed by atoms with Gasteiger partial charge in [0.2, 0.25) is 0 Å². The third-order valence-electron chi connectivity index (χ3n) is 5.23. The van der Waals surface area contributed by atoms with Gasteiger partial charge in [-0.1, -0.05) is 30.3 Å². The number of carbonyl (C=O) groups excluding carboxylic acids is 2. The number of anilines is 2. The first kappa shape index (κ1) is 19.8. The Hall–Kier alpha value is -3.54. The maximum atomic E-state index is 13.0. The van der Waals surface area contributed by atoms with Gasteiger partial charge in [-0.25, -0.2) is 0 Å². The van der Waals surface area contributed by atoms with Gasteiger partial charge in [0, 0.05) is 31.0 Å². The molecule has 3 aromatic rings. The molecule has 0 radical (unpaired) electrons. The van der Waals surface area contributed by atoms with E-state index in [1.54, 1.807) is 18.2 Å². The maximum absolute atomic E-state index is 13.0. The van der Waals surface area contributed by atoms with E-state index in [0.717, 1.165) is 38.0 Å². The van der Waals surface area contributed by atoms with E-state index in [-0.39, 0.29) is 17.6 Å². The highest BCUT2D eigenvalue weighted by Crippen LogP contribution is 2.28. The first-order chi connectivity index (χ1) is 14.7. The van der Waals surface area contributed by atoms with E-state index in [1.165, 1.54) is 11.8 Å². The Balaban J connectivity index is 1.50. The van der Waals surface area contributed by atoms with Crippen LogP contribution in [0.2, 0.25) is 0 Å². The van der Waals surface area contributed by atoms with E-state index in [0.29, 0.717) is 17.8 Å². The minimum absolute atomic E-state index is 0.137. The molecule has 0 saturated carbocycles. The molecule has 2 heterocycles. The van der Waals surface area contributed by atoms with Crippen molar-refractivity contribution in [2.24, 2.45) is 0 Å². The zero-order chi connectivity index (χ0) is 20.8. The van der Waals surface area contributed by atoms with Crippen molar-refractivity contribution in [3.63, 3.8) is 0 Å². The summed E-state index contributed by atoms with van der Waals surface area (Å²) in [4.78, 5) is 27.5. The van der Waals surface area contributed by atoms with Gasteiger partial charge in [0.05, 0.1) is 11.8 Å². The zero-order valence-corrected chi connectivity index (χ0v) is 16.8. The number of carbonyl (C=O) groups is 2. The van der Waals surface area contributed by atoms with E-state index in [9.17, 15) is 9.59 Å².